The summed E-state index contributed by atoms with van der Waals surface area (Å²) in [7, 11) is 0. The number of nitro groups is 1. The van der Waals surface area contributed by atoms with Gasteiger partial charge in [-0.3, -0.25) is 14.9 Å². The third kappa shape index (κ3) is 3.22. The van der Waals surface area contributed by atoms with Crippen molar-refractivity contribution in [3.63, 3.8) is 0 Å². The number of aromatic nitrogens is 2. The number of hydrogen-bond acceptors (Lipinski definition) is 7. The molecule has 0 saturated heterocycles. The summed E-state index contributed by atoms with van der Waals surface area (Å²) >= 11 is 2.83. The second-order valence-corrected chi connectivity index (χ2v) is 6.65. The molecule has 0 saturated carbocycles. The lowest BCUT2D eigenvalue weighted by Gasteiger charge is -2.03. The van der Waals surface area contributed by atoms with Gasteiger partial charge in [0.25, 0.3) is 5.69 Å². The molecule has 0 aliphatic rings. The van der Waals surface area contributed by atoms with Crippen molar-refractivity contribution < 1.29 is 9.72 Å². The maximum Gasteiger partial charge on any atom is 0.273 e. The van der Waals surface area contributed by atoms with E-state index in [9.17, 15) is 14.9 Å². The number of benzene rings is 1. The molecule has 0 radical (unpaired) electrons. The van der Waals surface area contributed by atoms with E-state index in [1.54, 1.807) is 19.1 Å². The lowest BCUT2D eigenvalue weighted by Crippen LogP contribution is -2.04. The van der Waals surface area contributed by atoms with Crippen LogP contribution in [0.5, 0.6) is 0 Å². The predicted octanol–water partition coefficient (Wildman–Crippen LogP) is 3.88. The molecule has 1 aromatic carbocycles. The van der Waals surface area contributed by atoms with Crippen molar-refractivity contribution in [3.05, 3.63) is 57.2 Å². The monoisotopic (exact) mass is 345 g/mol. The molecule has 0 atom stereocenters. The first kappa shape index (κ1) is 15.6. The number of carbonyl (C=O) groups excluding carboxylic acids is 1. The SMILES string of the molecule is Cc1ccc(C(=O)CSc2ncnc3sccc23)cc1[N+](=O)[O-]. The number of rotatable bonds is 5. The van der Waals surface area contributed by atoms with Crippen molar-refractivity contribution >= 4 is 44.8 Å². The van der Waals surface area contributed by atoms with Crippen molar-refractivity contribution in [3.8, 4) is 0 Å². The van der Waals surface area contributed by atoms with Gasteiger partial charge in [-0.2, -0.15) is 0 Å². The Morgan fingerprint density at radius 1 is 1.35 bits per heavy atom. The van der Waals surface area contributed by atoms with Crippen LogP contribution in [0.15, 0.2) is 41.0 Å². The molecular formula is C15H11N3O3S2. The van der Waals surface area contributed by atoms with E-state index in [1.165, 1.54) is 35.5 Å². The van der Waals surface area contributed by atoms with Crippen LogP contribution in [0.3, 0.4) is 0 Å². The van der Waals surface area contributed by atoms with Crippen molar-refractivity contribution in [1.29, 1.82) is 0 Å². The van der Waals surface area contributed by atoms with Crippen LogP contribution in [0, 0.1) is 17.0 Å². The van der Waals surface area contributed by atoms with Gasteiger partial charge in [0.15, 0.2) is 5.78 Å². The fraction of sp³-hybridized carbons (Fsp3) is 0.133. The van der Waals surface area contributed by atoms with Crippen LogP contribution in [-0.2, 0) is 0 Å². The first-order chi connectivity index (χ1) is 11.1. The molecule has 0 amide bonds. The van der Waals surface area contributed by atoms with E-state index < -0.39 is 4.92 Å². The lowest BCUT2D eigenvalue weighted by molar-refractivity contribution is -0.385. The molecule has 0 fully saturated rings. The molecular weight excluding hydrogens is 334 g/mol. The highest BCUT2D eigenvalue weighted by Gasteiger charge is 2.16. The van der Waals surface area contributed by atoms with E-state index in [2.05, 4.69) is 9.97 Å². The summed E-state index contributed by atoms with van der Waals surface area (Å²) in [5, 5.41) is 14.6. The molecule has 0 aliphatic heterocycles. The summed E-state index contributed by atoms with van der Waals surface area (Å²) in [6, 6.07) is 6.46. The summed E-state index contributed by atoms with van der Waals surface area (Å²) in [4.78, 5) is 32.0. The first-order valence-electron chi connectivity index (χ1n) is 6.65. The van der Waals surface area contributed by atoms with E-state index in [4.69, 9.17) is 0 Å². The van der Waals surface area contributed by atoms with E-state index in [-0.39, 0.29) is 17.2 Å². The first-order valence-corrected chi connectivity index (χ1v) is 8.52. The van der Waals surface area contributed by atoms with E-state index >= 15 is 0 Å². The Bertz CT molecular complexity index is 908. The van der Waals surface area contributed by atoms with Crippen LogP contribution in [0.2, 0.25) is 0 Å². The van der Waals surface area contributed by atoms with Crippen molar-refractivity contribution in [2.24, 2.45) is 0 Å². The van der Waals surface area contributed by atoms with Gasteiger partial charge in [-0.15, -0.1) is 11.3 Å². The number of carbonyl (C=O) groups is 1. The molecule has 6 nitrogen and oxygen atoms in total. The summed E-state index contributed by atoms with van der Waals surface area (Å²) < 4.78 is 0. The highest BCUT2D eigenvalue weighted by Crippen LogP contribution is 2.28. The normalized spacial score (nSPS) is 10.8. The molecule has 3 rings (SSSR count). The second-order valence-electron chi connectivity index (χ2n) is 4.79. The second kappa shape index (κ2) is 6.43. The number of Topliss-reactive ketones (excluding diaryl/α,β-unsaturated/α-hetero) is 1. The number of ketones is 1. The highest BCUT2D eigenvalue weighted by atomic mass is 32.2. The van der Waals surface area contributed by atoms with Crippen LogP contribution in [0.1, 0.15) is 15.9 Å². The van der Waals surface area contributed by atoms with Crippen molar-refractivity contribution in [2.75, 3.05) is 5.75 Å². The number of hydrogen-bond donors (Lipinski definition) is 0. The molecule has 116 valence electrons. The maximum atomic E-state index is 12.3. The Morgan fingerprint density at radius 3 is 2.96 bits per heavy atom. The van der Waals surface area contributed by atoms with Crippen LogP contribution in [0.25, 0.3) is 10.2 Å². The molecule has 0 unspecified atom stereocenters. The molecule has 2 heterocycles. The quantitative estimate of drug-likeness (QED) is 0.229. The minimum Gasteiger partial charge on any atom is -0.293 e. The average molecular weight is 345 g/mol. The molecule has 23 heavy (non-hydrogen) atoms. The molecule has 0 spiro atoms. The zero-order valence-corrected chi connectivity index (χ0v) is 13.7. The lowest BCUT2D eigenvalue weighted by atomic mass is 10.1. The molecule has 3 aromatic rings. The summed E-state index contributed by atoms with van der Waals surface area (Å²) in [6.07, 6.45) is 1.47. The predicted molar refractivity (Wildman–Crippen MR) is 90.3 cm³/mol. The molecule has 0 aliphatic carbocycles. The summed E-state index contributed by atoms with van der Waals surface area (Å²) in [6.45, 7) is 1.65. The minimum absolute atomic E-state index is 0.0388. The Kier molecular flexibility index (Phi) is 4.35. The Balaban J connectivity index is 1.79. The van der Waals surface area contributed by atoms with E-state index in [1.807, 2.05) is 11.4 Å². The van der Waals surface area contributed by atoms with Crippen molar-refractivity contribution in [2.45, 2.75) is 11.9 Å². The Morgan fingerprint density at radius 2 is 2.17 bits per heavy atom. The van der Waals surface area contributed by atoms with Gasteiger partial charge in [0, 0.05) is 22.6 Å². The number of nitro benzene ring substituents is 1. The van der Waals surface area contributed by atoms with Gasteiger partial charge >= 0.3 is 0 Å². The number of aryl methyl sites for hydroxylation is 1. The average Bonchev–Trinajstić information content (AvgIpc) is 3.01. The van der Waals surface area contributed by atoms with Crippen LogP contribution in [0.4, 0.5) is 5.69 Å². The Hall–Kier alpha value is -2.32. The number of nitrogens with zero attached hydrogens (tertiary/aromatic N) is 3. The fourth-order valence-electron chi connectivity index (χ4n) is 2.08. The van der Waals surface area contributed by atoms with Crippen LogP contribution < -0.4 is 0 Å². The summed E-state index contributed by atoms with van der Waals surface area (Å²) in [5.74, 6) is 0.00224. The maximum absolute atomic E-state index is 12.3. The number of fused-ring (bicyclic) bond motifs is 1. The van der Waals surface area contributed by atoms with Gasteiger partial charge in [0.05, 0.1) is 10.7 Å². The minimum atomic E-state index is -0.474. The van der Waals surface area contributed by atoms with Gasteiger partial charge in [-0.05, 0) is 18.4 Å². The van der Waals surface area contributed by atoms with E-state index in [0.29, 0.717) is 11.1 Å². The van der Waals surface area contributed by atoms with Gasteiger partial charge < -0.3 is 0 Å². The Labute approximate surface area is 139 Å². The third-order valence-corrected chi connectivity index (χ3v) is 5.12. The van der Waals surface area contributed by atoms with Gasteiger partial charge in [-0.25, -0.2) is 9.97 Å². The summed E-state index contributed by atoms with van der Waals surface area (Å²) in [5.41, 5.74) is 0.837. The van der Waals surface area contributed by atoms with E-state index in [0.717, 1.165) is 15.2 Å². The molecule has 8 heteroatoms. The smallest absolute Gasteiger partial charge is 0.273 e. The molecule has 2 aromatic heterocycles. The third-order valence-electron chi connectivity index (χ3n) is 3.29. The van der Waals surface area contributed by atoms with Crippen molar-refractivity contribution in [1.82, 2.24) is 9.97 Å². The van der Waals surface area contributed by atoms with Gasteiger partial charge in [0.2, 0.25) is 0 Å². The fourth-order valence-corrected chi connectivity index (χ4v) is 3.75. The largest absolute Gasteiger partial charge is 0.293 e. The topological polar surface area (TPSA) is 86.0 Å². The number of thioether (sulfide) groups is 1. The zero-order chi connectivity index (χ0) is 16.4. The van der Waals surface area contributed by atoms with Crippen LogP contribution >= 0.6 is 23.1 Å². The number of thiophene rings is 1. The molecule has 0 N–H and O–H groups in total. The van der Waals surface area contributed by atoms with Gasteiger partial charge in [-0.1, -0.05) is 23.9 Å². The highest BCUT2D eigenvalue weighted by molar-refractivity contribution is 8.00. The standard InChI is InChI=1S/C15H11N3O3S2/c1-9-2-3-10(6-12(9)18(20)21)13(19)7-23-15-11-4-5-22-14(11)16-8-17-15/h2-6,8H,7H2,1H3. The van der Waals surface area contributed by atoms with Gasteiger partial charge in [0.1, 0.15) is 16.2 Å². The molecule has 0 bridgehead atoms. The zero-order valence-electron chi connectivity index (χ0n) is 12.1. The van der Waals surface area contributed by atoms with Crippen LogP contribution in [-0.4, -0.2) is 26.4 Å².